The molecule has 1 aliphatic rings. The number of hydrogen-bond acceptors (Lipinski definition) is 5. The second-order valence-electron chi connectivity index (χ2n) is 8.05. The van der Waals surface area contributed by atoms with Gasteiger partial charge in [-0.05, 0) is 43.2 Å². The van der Waals surface area contributed by atoms with Gasteiger partial charge in [0.2, 0.25) is 11.8 Å². The van der Waals surface area contributed by atoms with E-state index in [1.807, 2.05) is 50.2 Å². The van der Waals surface area contributed by atoms with Gasteiger partial charge in [0.1, 0.15) is 5.75 Å². The fourth-order valence-corrected chi connectivity index (χ4v) is 3.71. The van der Waals surface area contributed by atoms with Gasteiger partial charge in [-0.2, -0.15) is 0 Å². The minimum absolute atomic E-state index is 0.0351. The number of anilines is 2. The number of benzene rings is 2. The van der Waals surface area contributed by atoms with Crippen LogP contribution in [0, 0.1) is 13.8 Å². The summed E-state index contributed by atoms with van der Waals surface area (Å²) in [6.07, 6.45) is 0. The Labute approximate surface area is 184 Å². The summed E-state index contributed by atoms with van der Waals surface area (Å²) < 4.78 is 5.46. The number of methoxy groups -OCH3 is 1. The minimum Gasteiger partial charge on any atom is -0.495 e. The number of nitrogens with zero attached hydrogens (tertiary/aromatic N) is 3. The Bertz CT molecular complexity index is 923. The fraction of sp³-hybridized carbons (Fsp3) is 0.417. The number of amides is 2. The van der Waals surface area contributed by atoms with Crippen molar-refractivity contribution in [3.63, 3.8) is 0 Å². The van der Waals surface area contributed by atoms with Crippen molar-refractivity contribution in [2.75, 3.05) is 63.6 Å². The van der Waals surface area contributed by atoms with Crippen LogP contribution in [0.3, 0.4) is 0 Å². The Morgan fingerprint density at radius 1 is 1.06 bits per heavy atom. The predicted molar refractivity (Wildman–Crippen MR) is 124 cm³/mol. The molecular weight excluding hydrogens is 392 g/mol. The summed E-state index contributed by atoms with van der Waals surface area (Å²) in [5, 5.41) is 2.91. The van der Waals surface area contributed by atoms with Crippen LogP contribution < -0.4 is 15.0 Å². The lowest BCUT2D eigenvalue weighted by Gasteiger charge is -2.36. The Morgan fingerprint density at radius 2 is 1.77 bits per heavy atom. The monoisotopic (exact) mass is 424 g/mol. The average molecular weight is 425 g/mol. The molecule has 1 N–H and O–H groups in total. The maximum Gasteiger partial charge on any atom is 0.243 e. The molecule has 0 atom stereocenters. The first-order valence-corrected chi connectivity index (χ1v) is 10.6. The molecule has 1 heterocycles. The molecule has 31 heavy (non-hydrogen) atoms. The largest absolute Gasteiger partial charge is 0.495 e. The third-order valence-electron chi connectivity index (χ3n) is 5.63. The third-order valence-corrected chi connectivity index (χ3v) is 5.63. The summed E-state index contributed by atoms with van der Waals surface area (Å²) in [5.74, 6) is 0.619. The van der Waals surface area contributed by atoms with Gasteiger partial charge in [-0.15, -0.1) is 0 Å². The number of likely N-dealkylation sites (N-methyl/N-ethyl adjacent to an activating group) is 1. The van der Waals surface area contributed by atoms with E-state index in [-0.39, 0.29) is 18.4 Å². The summed E-state index contributed by atoms with van der Waals surface area (Å²) >= 11 is 0. The zero-order chi connectivity index (χ0) is 22.4. The average Bonchev–Trinajstić information content (AvgIpc) is 2.76. The van der Waals surface area contributed by atoms with Crippen molar-refractivity contribution >= 4 is 23.2 Å². The standard InChI is InChI=1S/C24H32N4O3/c1-18-9-10-19(2)20(15-18)25-23(29)16-26(3)24(30)17-27-11-13-28(14-12-27)21-7-5-6-8-22(21)31-4/h5-10,15H,11-14,16-17H2,1-4H3,(H,25,29). The third kappa shape index (κ3) is 5.98. The molecule has 2 aromatic carbocycles. The lowest BCUT2D eigenvalue weighted by Crippen LogP contribution is -2.50. The molecule has 1 aliphatic heterocycles. The van der Waals surface area contributed by atoms with Gasteiger partial charge in [-0.1, -0.05) is 24.3 Å². The molecule has 2 amide bonds. The Morgan fingerprint density at radius 3 is 2.48 bits per heavy atom. The zero-order valence-corrected chi connectivity index (χ0v) is 18.9. The molecule has 1 fully saturated rings. The molecule has 0 saturated carbocycles. The van der Waals surface area contributed by atoms with Crippen LogP contribution in [-0.4, -0.2) is 75.0 Å². The SMILES string of the molecule is COc1ccccc1N1CCN(CC(=O)N(C)CC(=O)Nc2cc(C)ccc2C)CC1. The van der Waals surface area contributed by atoms with E-state index in [0.29, 0.717) is 6.54 Å². The molecule has 0 aromatic heterocycles. The summed E-state index contributed by atoms with van der Waals surface area (Å²) in [5.41, 5.74) is 3.95. The summed E-state index contributed by atoms with van der Waals surface area (Å²) in [6.45, 7) is 7.50. The quantitative estimate of drug-likeness (QED) is 0.740. The predicted octanol–water partition coefficient (Wildman–Crippen LogP) is 2.53. The highest BCUT2D eigenvalue weighted by molar-refractivity contribution is 5.95. The Balaban J connectivity index is 1.47. The first kappa shape index (κ1) is 22.6. The van der Waals surface area contributed by atoms with Crippen LogP contribution in [-0.2, 0) is 9.59 Å². The molecule has 7 nitrogen and oxygen atoms in total. The van der Waals surface area contributed by atoms with Crippen LogP contribution in [0.4, 0.5) is 11.4 Å². The van der Waals surface area contributed by atoms with Crippen LogP contribution in [0.25, 0.3) is 0 Å². The Kier molecular flexibility index (Phi) is 7.52. The second-order valence-corrected chi connectivity index (χ2v) is 8.05. The minimum atomic E-state index is -0.189. The van der Waals surface area contributed by atoms with Crippen molar-refractivity contribution in [2.24, 2.45) is 0 Å². The molecule has 2 aromatic rings. The van der Waals surface area contributed by atoms with Crippen molar-refractivity contribution < 1.29 is 14.3 Å². The molecule has 0 radical (unpaired) electrons. The van der Waals surface area contributed by atoms with E-state index in [1.54, 1.807) is 14.2 Å². The van der Waals surface area contributed by atoms with Crippen molar-refractivity contribution in [1.29, 1.82) is 0 Å². The number of hydrogen-bond donors (Lipinski definition) is 1. The van der Waals surface area contributed by atoms with Crippen molar-refractivity contribution in [1.82, 2.24) is 9.80 Å². The smallest absolute Gasteiger partial charge is 0.243 e. The van der Waals surface area contributed by atoms with Crippen LogP contribution in [0.15, 0.2) is 42.5 Å². The van der Waals surface area contributed by atoms with Gasteiger partial charge in [0, 0.05) is 38.9 Å². The molecule has 3 rings (SSSR count). The van der Waals surface area contributed by atoms with Crippen molar-refractivity contribution in [3.8, 4) is 5.75 Å². The van der Waals surface area contributed by atoms with Gasteiger partial charge >= 0.3 is 0 Å². The summed E-state index contributed by atoms with van der Waals surface area (Å²) in [6, 6.07) is 13.9. The van der Waals surface area contributed by atoms with Crippen molar-refractivity contribution in [2.45, 2.75) is 13.8 Å². The Hall–Kier alpha value is -3.06. The molecule has 166 valence electrons. The second kappa shape index (κ2) is 10.3. The lowest BCUT2D eigenvalue weighted by molar-refractivity contribution is -0.134. The molecule has 0 aliphatic carbocycles. The van der Waals surface area contributed by atoms with Crippen LogP contribution in [0.2, 0.25) is 0 Å². The van der Waals surface area contributed by atoms with E-state index in [0.717, 1.165) is 54.4 Å². The highest BCUT2D eigenvalue weighted by Crippen LogP contribution is 2.28. The number of rotatable bonds is 7. The van der Waals surface area contributed by atoms with Gasteiger partial charge in [0.15, 0.2) is 0 Å². The van der Waals surface area contributed by atoms with E-state index in [4.69, 9.17) is 4.74 Å². The van der Waals surface area contributed by atoms with Crippen LogP contribution in [0.5, 0.6) is 5.75 Å². The number of carbonyl (C=O) groups is 2. The highest BCUT2D eigenvalue weighted by atomic mass is 16.5. The van der Waals surface area contributed by atoms with E-state index in [1.165, 1.54) is 4.90 Å². The normalized spacial score (nSPS) is 14.3. The lowest BCUT2D eigenvalue weighted by atomic mass is 10.1. The fourth-order valence-electron chi connectivity index (χ4n) is 3.71. The number of para-hydroxylation sites is 2. The number of ether oxygens (including phenoxy) is 1. The van der Waals surface area contributed by atoms with Gasteiger partial charge in [-0.25, -0.2) is 0 Å². The van der Waals surface area contributed by atoms with Gasteiger partial charge < -0.3 is 19.9 Å². The molecule has 0 unspecified atom stereocenters. The maximum atomic E-state index is 12.6. The van der Waals surface area contributed by atoms with Gasteiger partial charge in [0.25, 0.3) is 0 Å². The van der Waals surface area contributed by atoms with Crippen LogP contribution in [0.1, 0.15) is 11.1 Å². The van der Waals surface area contributed by atoms with Gasteiger partial charge in [-0.3, -0.25) is 14.5 Å². The molecule has 0 spiro atoms. The molecule has 0 bridgehead atoms. The molecule has 7 heteroatoms. The maximum absolute atomic E-state index is 12.6. The molecule has 1 saturated heterocycles. The van der Waals surface area contributed by atoms with Gasteiger partial charge in [0.05, 0.1) is 25.9 Å². The number of nitrogens with one attached hydrogen (secondary N) is 1. The van der Waals surface area contributed by atoms with Crippen LogP contribution >= 0.6 is 0 Å². The van der Waals surface area contributed by atoms with E-state index < -0.39 is 0 Å². The first-order valence-electron chi connectivity index (χ1n) is 10.6. The number of carbonyl (C=O) groups excluding carboxylic acids is 2. The summed E-state index contributed by atoms with van der Waals surface area (Å²) in [4.78, 5) is 31.0. The zero-order valence-electron chi connectivity index (χ0n) is 18.9. The topological polar surface area (TPSA) is 65.1 Å². The van der Waals surface area contributed by atoms with E-state index in [9.17, 15) is 9.59 Å². The number of piperazine rings is 1. The van der Waals surface area contributed by atoms with E-state index in [2.05, 4.69) is 21.2 Å². The highest BCUT2D eigenvalue weighted by Gasteiger charge is 2.23. The molecular formula is C24H32N4O3. The van der Waals surface area contributed by atoms with Crippen molar-refractivity contribution in [3.05, 3.63) is 53.6 Å². The summed E-state index contributed by atoms with van der Waals surface area (Å²) in [7, 11) is 3.36. The number of aryl methyl sites for hydroxylation is 2. The van der Waals surface area contributed by atoms with E-state index >= 15 is 0 Å². The first-order chi connectivity index (χ1) is 14.9.